The van der Waals surface area contributed by atoms with Crippen LogP contribution in [0.1, 0.15) is 0 Å². The van der Waals surface area contributed by atoms with Gasteiger partial charge in [0.05, 0.1) is 17.6 Å². The summed E-state index contributed by atoms with van der Waals surface area (Å²) in [4.78, 5) is 6.95. The molecule has 4 rings (SSSR count). The van der Waals surface area contributed by atoms with E-state index >= 15 is 0 Å². The Balaban J connectivity index is 1.59. The zero-order chi connectivity index (χ0) is 20.2. The first-order valence-corrected chi connectivity index (χ1v) is 10.2. The highest BCUT2D eigenvalue weighted by atomic mass is 35.5. The number of methoxy groups -OCH3 is 1. The van der Waals surface area contributed by atoms with E-state index in [1.54, 1.807) is 12.1 Å². The number of rotatable bonds is 6. The van der Waals surface area contributed by atoms with Crippen LogP contribution in [0.15, 0.2) is 42.6 Å². The van der Waals surface area contributed by atoms with Crippen molar-refractivity contribution in [3.63, 3.8) is 0 Å². The number of pyridine rings is 1. The molecule has 1 aliphatic rings. The Kier molecular flexibility index (Phi) is 6.04. The van der Waals surface area contributed by atoms with E-state index in [9.17, 15) is 5.11 Å². The van der Waals surface area contributed by atoms with Crippen molar-refractivity contribution in [2.45, 2.75) is 0 Å². The molecule has 0 bridgehead atoms. The molecule has 0 saturated carbocycles. The number of aromatic nitrogens is 1. The number of nitrogens with one attached hydrogen (secondary N) is 2. The van der Waals surface area contributed by atoms with E-state index in [2.05, 4.69) is 26.6 Å². The topological polar surface area (TPSA) is 69.7 Å². The third-order valence-electron chi connectivity index (χ3n) is 5.28. The van der Waals surface area contributed by atoms with Gasteiger partial charge < -0.3 is 20.5 Å². The van der Waals surface area contributed by atoms with Gasteiger partial charge in [0.15, 0.2) is 11.5 Å². The molecule has 6 nitrogen and oxygen atoms in total. The lowest BCUT2D eigenvalue weighted by molar-refractivity contribution is 0.249. The Bertz CT molecular complexity index is 1010. The van der Waals surface area contributed by atoms with Crippen LogP contribution in [0.4, 0.5) is 5.69 Å². The Morgan fingerprint density at radius 3 is 2.79 bits per heavy atom. The van der Waals surface area contributed by atoms with Gasteiger partial charge in [-0.15, -0.1) is 0 Å². The smallest absolute Gasteiger partial charge is 0.176 e. The first-order valence-electron chi connectivity index (χ1n) is 9.78. The highest BCUT2D eigenvalue weighted by molar-refractivity contribution is 6.32. The number of phenolic OH excluding ortho intramolecular Hbond substituents is 1. The van der Waals surface area contributed by atoms with Crippen LogP contribution < -0.4 is 15.4 Å². The number of nitrogens with zero attached hydrogens (tertiary/aromatic N) is 2. The molecule has 1 aliphatic heterocycles. The fourth-order valence-corrected chi connectivity index (χ4v) is 3.87. The highest BCUT2D eigenvalue weighted by Gasteiger charge is 2.12. The molecule has 0 unspecified atom stereocenters. The van der Waals surface area contributed by atoms with Crippen LogP contribution in [-0.4, -0.2) is 61.4 Å². The van der Waals surface area contributed by atoms with Crippen molar-refractivity contribution in [3.05, 3.63) is 47.6 Å². The molecule has 7 heteroatoms. The molecular weight excluding hydrogens is 388 g/mol. The molecule has 152 valence electrons. The monoisotopic (exact) mass is 412 g/mol. The summed E-state index contributed by atoms with van der Waals surface area (Å²) in [7, 11) is 1.51. The van der Waals surface area contributed by atoms with Gasteiger partial charge in [0, 0.05) is 56.5 Å². The van der Waals surface area contributed by atoms with Gasteiger partial charge >= 0.3 is 0 Å². The first-order chi connectivity index (χ1) is 14.2. The van der Waals surface area contributed by atoms with Crippen molar-refractivity contribution in [3.8, 4) is 22.6 Å². The van der Waals surface area contributed by atoms with Gasteiger partial charge in [-0.05, 0) is 41.5 Å². The van der Waals surface area contributed by atoms with E-state index in [0.29, 0.717) is 5.75 Å². The van der Waals surface area contributed by atoms with E-state index < -0.39 is 0 Å². The summed E-state index contributed by atoms with van der Waals surface area (Å²) in [5.41, 5.74) is 3.85. The van der Waals surface area contributed by atoms with Crippen LogP contribution >= 0.6 is 11.6 Å². The predicted octanol–water partition coefficient (Wildman–Crippen LogP) is 3.59. The number of benzene rings is 2. The van der Waals surface area contributed by atoms with Crippen LogP contribution in [0.25, 0.3) is 22.0 Å². The summed E-state index contributed by atoms with van der Waals surface area (Å²) in [6, 6.07) is 11.6. The van der Waals surface area contributed by atoms with Crippen molar-refractivity contribution >= 4 is 28.2 Å². The van der Waals surface area contributed by atoms with E-state index in [0.717, 1.165) is 67.0 Å². The first kappa shape index (κ1) is 19.8. The SMILES string of the molecule is COc1cc(-c2ccc3nccc(NCCN4CCNCC4)c3c2)cc(Cl)c1O. The quantitative estimate of drug-likeness (QED) is 0.575. The van der Waals surface area contributed by atoms with Gasteiger partial charge in [0.2, 0.25) is 0 Å². The Morgan fingerprint density at radius 2 is 2.00 bits per heavy atom. The zero-order valence-corrected chi connectivity index (χ0v) is 17.2. The number of hydrogen-bond acceptors (Lipinski definition) is 6. The predicted molar refractivity (Wildman–Crippen MR) is 118 cm³/mol. The largest absolute Gasteiger partial charge is 0.503 e. The number of ether oxygens (including phenoxy) is 1. The van der Waals surface area contributed by atoms with Gasteiger partial charge in [-0.2, -0.15) is 0 Å². The average Bonchev–Trinajstić information content (AvgIpc) is 2.76. The van der Waals surface area contributed by atoms with Crippen LogP contribution in [0.3, 0.4) is 0 Å². The molecule has 0 spiro atoms. The summed E-state index contributed by atoms with van der Waals surface area (Å²) in [5.74, 6) is 0.309. The highest BCUT2D eigenvalue weighted by Crippen LogP contribution is 2.39. The standard InChI is InChI=1S/C22H25ClN4O2/c1-29-21-14-16(13-18(23)22(21)28)15-2-3-19-17(12-15)20(4-5-25-19)26-8-11-27-9-6-24-7-10-27/h2-5,12-14,24,28H,6-11H2,1H3,(H,25,26). The molecule has 3 N–H and O–H groups in total. The molecule has 2 aromatic carbocycles. The summed E-state index contributed by atoms with van der Waals surface area (Å²) >= 11 is 6.18. The second kappa shape index (κ2) is 8.86. The molecule has 1 fully saturated rings. The molecule has 29 heavy (non-hydrogen) atoms. The summed E-state index contributed by atoms with van der Waals surface area (Å²) in [5, 5.41) is 18.3. The average molecular weight is 413 g/mol. The molecular formula is C22H25ClN4O2. The van der Waals surface area contributed by atoms with Gasteiger partial charge in [-0.3, -0.25) is 9.88 Å². The van der Waals surface area contributed by atoms with Crippen molar-refractivity contribution in [1.29, 1.82) is 0 Å². The Labute approximate surface area is 175 Å². The van der Waals surface area contributed by atoms with Crippen molar-refractivity contribution in [1.82, 2.24) is 15.2 Å². The van der Waals surface area contributed by atoms with Crippen LogP contribution in [0, 0.1) is 0 Å². The number of halogens is 1. The number of anilines is 1. The van der Waals surface area contributed by atoms with E-state index in [1.807, 2.05) is 24.4 Å². The molecule has 2 heterocycles. The van der Waals surface area contributed by atoms with Gasteiger partial charge in [-0.25, -0.2) is 0 Å². The molecule has 0 atom stereocenters. The van der Waals surface area contributed by atoms with Crippen LogP contribution in [-0.2, 0) is 0 Å². The number of piperazine rings is 1. The summed E-state index contributed by atoms with van der Waals surface area (Å²) in [6.07, 6.45) is 1.83. The van der Waals surface area contributed by atoms with Gasteiger partial charge in [0.25, 0.3) is 0 Å². The number of hydrogen-bond donors (Lipinski definition) is 3. The lowest BCUT2D eigenvalue weighted by atomic mass is 10.0. The molecule has 3 aromatic rings. The minimum Gasteiger partial charge on any atom is -0.503 e. The fourth-order valence-electron chi connectivity index (χ4n) is 3.66. The maximum Gasteiger partial charge on any atom is 0.176 e. The molecule has 0 amide bonds. The third-order valence-corrected chi connectivity index (χ3v) is 5.56. The number of phenols is 1. The van der Waals surface area contributed by atoms with E-state index in [4.69, 9.17) is 16.3 Å². The number of fused-ring (bicyclic) bond motifs is 1. The molecule has 0 aliphatic carbocycles. The Morgan fingerprint density at radius 1 is 1.17 bits per heavy atom. The van der Waals surface area contributed by atoms with Crippen molar-refractivity contribution < 1.29 is 9.84 Å². The second-order valence-corrected chi connectivity index (χ2v) is 7.52. The lowest BCUT2D eigenvalue weighted by Crippen LogP contribution is -2.45. The normalized spacial score (nSPS) is 14.8. The minimum absolute atomic E-state index is 0.0457. The summed E-state index contributed by atoms with van der Waals surface area (Å²) in [6.45, 7) is 6.18. The maximum absolute atomic E-state index is 10.0. The molecule has 0 radical (unpaired) electrons. The minimum atomic E-state index is -0.0457. The van der Waals surface area contributed by atoms with E-state index in [-0.39, 0.29) is 10.8 Å². The van der Waals surface area contributed by atoms with Gasteiger partial charge in [-0.1, -0.05) is 17.7 Å². The van der Waals surface area contributed by atoms with E-state index in [1.165, 1.54) is 7.11 Å². The lowest BCUT2D eigenvalue weighted by Gasteiger charge is -2.27. The fraction of sp³-hybridized carbons (Fsp3) is 0.318. The summed E-state index contributed by atoms with van der Waals surface area (Å²) < 4.78 is 5.24. The van der Waals surface area contributed by atoms with Crippen LogP contribution in [0.2, 0.25) is 5.02 Å². The zero-order valence-electron chi connectivity index (χ0n) is 16.4. The molecule has 1 saturated heterocycles. The van der Waals surface area contributed by atoms with Crippen molar-refractivity contribution in [2.24, 2.45) is 0 Å². The van der Waals surface area contributed by atoms with Crippen molar-refractivity contribution in [2.75, 3.05) is 51.7 Å². The third kappa shape index (κ3) is 4.40. The van der Waals surface area contributed by atoms with Gasteiger partial charge in [0.1, 0.15) is 0 Å². The molecule has 1 aromatic heterocycles. The number of aromatic hydroxyl groups is 1. The maximum atomic E-state index is 10.0. The van der Waals surface area contributed by atoms with Crippen LogP contribution in [0.5, 0.6) is 11.5 Å². The Hall–Kier alpha value is -2.54. The second-order valence-electron chi connectivity index (χ2n) is 7.12.